The van der Waals surface area contributed by atoms with Crippen molar-refractivity contribution in [2.24, 2.45) is 5.41 Å². The molecule has 3 aromatic rings. The highest BCUT2D eigenvalue weighted by Crippen LogP contribution is 2.66. The molecule has 2 saturated carbocycles. The Hall–Kier alpha value is -3.41. The molecule has 11 heteroatoms. The highest BCUT2D eigenvalue weighted by atomic mass is 32.2. The number of carbonyl (C=O) groups is 2. The number of ether oxygens (including phenoxy) is 1. The van der Waals surface area contributed by atoms with E-state index >= 15 is 0 Å². The summed E-state index contributed by atoms with van der Waals surface area (Å²) in [6, 6.07) is 11.8. The van der Waals surface area contributed by atoms with Crippen LogP contribution >= 0.6 is 0 Å². The lowest BCUT2D eigenvalue weighted by Crippen LogP contribution is -2.41. The molecular weight excluding hydrogens is 602 g/mol. The molecule has 0 radical (unpaired) electrons. The molecular formula is C35H47N5O5S. The lowest BCUT2D eigenvalue weighted by atomic mass is 9.81. The third kappa shape index (κ3) is 5.60. The quantitative estimate of drug-likeness (QED) is 0.339. The van der Waals surface area contributed by atoms with Gasteiger partial charge in [0.05, 0.1) is 18.2 Å². The van der Waals surface area contributed by atoms with Crippen LogP contribution in [0, 0.1) is 5.41 Å². The zero-order chi connectivity index (χ0) is 33.0. The highest BCUT2D eigenvalue weighted by Gasteiger charge is 2.63. The molecule has 6 rings (SSSR count). The average Bonchev–Trinajstić information content (AvgIpc) is 3.72. The summed E-state index contributed by atoms with van der Waals surface area (Å²) >= 11 is 0. The number of fused-ring (bicyclic) bond motifs is 7. The Bertz CT molecular complexity index is 1780. The molecule has 3 aliphatic rings. The first-order chi connectivity index (χ1) is 21.9. The van der Waals surface area contributed by atoms with Crippen LogP contribution in [0.4, 0.5) is 0 Å². The number of benzene rings is 2. The van der Waals surface area contributed by atoms with E-state index in [2.05, 4.69) is 40.3 Å². The van der Waals surface area contributed by atoms with E-state index in [-0.39, 0.29) is 17.4 Å². The molecule has 1 N–H and O–H groups in total. The second kappa shape index (κ2) is 12.3. The van der Waals surface area contributed by atoms with Crippen LogP contribution in [0.3, 0.4) is 0 Å². The number of hydrogen-bond acceptors (Lipinski definition) is 6. The number of nitrogens with one attached hydrogen (secondary N) is 1. The molecule has 0 spiro atoms. The van der Waals surface area contributed by atoms with E-state index < -0.39 is 21.5 Å². The zero-order valence-electron chi connectivity index (χ0n) is 27.9. The molecule has 2 aromatic carbocycles. The van der Waals surface area contributed by atoms with Crippen LogP contribution in [0.15, 0.2) is 36.4 Å². The van der Waals surface area contributed by atoms with Crippen molar-refractivity contribution in [3.05, 3.63) is 53.1 Å². The standard InChI is InChI=1S/C35H47N5O5S/c1-7-38(4)17-18-39(5)34(42)35-21-29(35)28-20-25(45-6)14-16-26(28)32-31(23-11-9-8-10-12-23)27-15-13-24(19-30(27)40(32)22-35)33(41)36-46(43,44)37(2)3/h13-16,19-20,23,29H,7-12,17-18,21-22H2,1-6H3,(H,36,41). The molecule has 2 heterocycles. The molecule has 2 aliphatic carbocycles. The van der Waals surface area contributed by atoms with Gasteiger partial charge in [-0.05, 0) is 80.2 Å². The summed E-state index contributed by atoms with van der Waals surface area (Å²) in [4.78, 5) is 31.8. The maximum atomic E-state index is 14.5. The summed E-state index contributed by atoms with van der Waals surface area (Å²) < 4.78 is 36.2. The molecule has 2 atom stereocenters. The van der Waals surface area contributed by atoms with Crippen molar-refractivity contribution in [3.63, 3.8) is 0 Å². The van der Waals surface area contributed by atoms with Gasteiger partial charge in [0.15, 0.2) is 0 Å². The second-order valence-electron chi connectivity index (χ2n) is 13.6. The maximum absolute atomic E-state index is 14.5. The van der Waals surface area contributed by atoms with Gasteiger partial charge in [-0.25, -0.2) is 4.72 Å². The largest absolute Gasteiger partial charge is 0.497 e. The Morgan fingerprint density at radius 1 is 1.02 bits per heavy atom. The number of amides is 2. The van der Waals surface area contributed by atoms with Crippen LogP contribution in [-0.2, 0) is 21.5 Å². The number of nitrogens with zero attached hydrogens (tertiary/aromatic N) is 4. The zero-order valence-corrected chi connectivity index (χ0v) is 28.7. The molecule has 2 unspecified atom stereocenters. The van der Waals surface area contributed by atoms with Crippen molar-refractivity contribution < 1.29 is 22.7 Å². The fourth-order valence-corrected chi connectivity index (χ4v) is 8.18. The van der Waals surface area contributed by atoms with E-state index in [1.807, 2.05) is 30.1 Å². The Morgan fingerprint density at radius 3 is 2.43 bits per heavy atom. The first-order valence-corrected chi connectivity index (χ1v) is 17.9. The van der Waals surface area contributed by atoms with Crippen molar-refractivity contribution in [1.29, 1.82) is 0 Å². The van der Waals surface area contributed by atoms with Gasteiger partial charge in [0.25, 0.3) is 5.91 Å². The summed E-state index contributed by atoms with van der Waals surface area (Å²) in [5, 5.41) is 1.07. The van der Waals surface area contributed by atoms with Crippen LogP contribution in [0.5, 0.6) is 5.75 Å². The van der Waals surface area contributed by atoms with E-state index in [9.17, 15) is 18.0 Å². The first-order valence-electron chi connectivity index (χ1n) is 16.4. The summed E-state index contributed by atoms with van der Waals surface area (Å²) in [5.41, 5.74) is 5.14. The third-order valence-electron chi connectivity index (χ3n) is 10.6. The maximum Gasteiger partial charge on any atom is 0.303 e. The number of likely N-dealkylation sites (N-methyl/N-ethyl adjacent to an activating group) is 2. The normalized spacial score (nSPS) is 21.0. The monoisotopic (exact) mass is 649 g/mol. The highest BCUT2D eigenvalue weighted by molar-refractivity contribution is 7.87. The Morgan fingerprint density at radius 2 is 1.76 bits per heavy atom. The molecule has 46 heavy (non-hydrogen) atoms. The van der Waals surface area contributed by atoms with E-state index in [1.54, 1.807) is 13.2 Å². The van der Waals surface area contributed by atoms with Gasteiger partial charge in [-0.2, -0.15) is 12.7 Å². The van der Waals surface area contributed by atoms with Crippen molar-refractivity contribution in [2.75, 3.05) is 54.9 Å². The van der Waals surface area contributed by atoms with Crippen molar-refractivity contribution in [3.8, 4) is 17.0 Å². The third-order valence-corrected chi connectivity index (χ3v) is 12.0. The van der Waals surface area contributed by atoms with E-state index in [0.29, 0.717) is 19.0 Å². The first kappa shape index (κ1) is 32.5. The van der Waals surface area contributed by atoms with Crippen LogP contribution in [-0.4, -0.2) is 93.8 Å². The minimum absolute atomic E-state index is 0.0438. The SMILES string of the molecule is CCN(C)CCN(C)C(=O)C12CC1c1cc(OC)ccc1-c1c(C3CCCCC3)c3ccc(C(=O)NS(=O)(=O)N(C)C)cc3n1C2. The molecule has 1 aliphatic heterocycles. The summed E-state index contributed by atoms with van der Waals surface area (Å²) in [7, 11) is 4.45. The van der Waals surface area contributed by atoms with Gasteiger partial charge in [0.2, 0.25) is 5.91 Å². The Kier molecular flexibility index (Phi) is 8.71. The molecule has 0 saturated heterocycles. The number of aromatic nitrogens is 1. The van der Waals surface area contributed by atoms with E-state index in [0.717, 1.165) is 83.0 Å². The molecule has 1 aromatic heterocycles. The van der Waals surface area contributed by atoms with Crippen LogP contribution < -0.4 is 9.46 Å². The molecule has 2 amide bonds. The molecule has 2 fully saturated rings. The molecule has 0 bridgehead atoms. The van der Waals surface area contributed by atoms with Crippen molar-refractivity contribution in [1.82, 2.24) is 23.4 Å². The minimum Gasteiger partial charge on any atom is -0.497 e. The fourth-order valence-electron chi connectivity index (χ4n) is 7.65. The summed E-state index contributed by atoms with van der Waals surface area (Å²) in [6.45, 7) is 4.94. The van der Waals surface area contributed by atoms with Gasteiger partial charge < -0.3 is 19.1 Å². The van der Waals surface area contributed by atoms with Gasteiger partial charge >= 0.3 is 10.2 Å². The van der Waals surface area contributed by atoms with Crippen LogP contribution in [0.1, 0.15) is 78.8 Å². The fraction of sp³-hybridized carbons (Fsp3) is 0.543. The number of rotatable bonds is 10. The predicted molar refractivity (Wildman–Crippen MR) is 180 cm³/mol. The van der Waals surface area contributed by atoms with Crippen LogP contribution in [0.2, 0.25) is 0 Å². The van der Waals surface area contributed by atoms with Gasteiger partial charge in [-0.3, -0.25) is 9.59 Å². The number of carbonyl (C=O) groups excluding carboxylic acids is 2. The number of methoxy groups -OCH3 is 1. The second-order valence-corrected chi connectivity index (χ2v) is 15.5. The van der Waals surface area contributed by atoms with Gasteiger partial charge in [-0.1, -0.05) is 32.3 Å². The number of hydrogen-bond donors (Lipinski definition) is 1. The topological polar surface area (TPSA) is 104 Å². The Labute approximate surface area is 272 Å². The molecule has 248 valence electrons. The Balaban J connectivity index is 1.54. The summed E-state index contributed by atoms with van der Waals surface area (Å²) in [5.74, 6) is 0.622. The predicted octanol–water partition coefficient (Wildman–Crippen LogP) is 4.80. The molecule has 10 nitrogen and oxygen atoms in total. The lowest BCUT2D eigenvalue weighted by molar-refractivity contribution is -0.136. The van der Waals surface area contributed by atoms with Crippen molar-refractivity contribution in [2.45, 2.75) is 63.8 Å². The summed E-state index contributed by atoms with van der Waals surface area (Å²) in [6.07, 6.45) is 6.46. The average molecular weight is 650 g/mol. The van der Waals surface area contributed by atoms with E-state index in [1.165, 1.54) is 26.1 Å². The van der Waals surface area contributed by atoms with Crippen LogP contribution in [0.25, 0.3) is 22.2 Å². The van der Waals surface area contributed by atoms with Gasteiger partial charge in [0.1, 0.15) is 5.75 Å². The lowest BCUT2D eigenvalue weighted by Gasteiger charge is -2.27. The van der Waals surface area contributed by atoms with Gasteiger partial charge in [-0.15, -0.1) is 0 Å². The minimum atomic E-state index is -3.97. The van der Waals surface area contributed by atoms with E-state index in [4.69, 9.17) is 4.74 Å². The van der Waals surface area contributed by atoms with Gasteiger partial charge in [0, 0.05) is 68.7 Å². The van der Waals surface area contributed by atoms with Crippen molar-refractivity contribution >= 4 is 32.9 Å². The smallest absolute Gasteiger partial charge is 0.303 e.